The first-order valence-electron chi connectivity index (χ1n) is 7.48. The van der Waals surface area contributed by atoms with Crippen molar-refractivity contribution >= 4 is 16.9 Å². The highest BCUT2D eigenvalue weighted by molar-refractivity contribution is 5.84. The van der Waals surface area contributed by atoms with Gasteiger partial charge in [0.15, 0.2) is 0 Å². The molecule has 3 rings (SSSR count). The van der Waals surface area contributed by atoms with Gasteiger partial charge in [0, 0.05) is 17.5 Å². The van der Waals surface area contributed by atoms with Gasteiger partial charge in [-0.2, -0.15) is 0 Å². The summed E-state index contributed by atoms with van der Waals surface area (Å²) in [7, 11) is 0. The maximum Gasteiger partial charge on any atom is 0.306 e. The van der Waals surface area contributed by atoms with Crippen LogP contribution in [0.5, 0.6) is 5.75 Å². The molecule has 1 saturated carbocycles. The molecule has 0 aliphatic heterocycles. The summed E-state index contributed by atoms with van der Waals surface area (Å²) in [6.45, 7) is 1.91. The van der Waals surface area contributed by atoms with Gasteiger partial charge in [-0.25, -0.2) is 4.98 Å². The normalized spacial score (nSPS) is 25.1. The molecule has 1 aliphatic carbocycles. The lowest BCUT2D eigenvalue weighted by Crippen LogP contribution is -2.40. The lowest BCUT2D eigenvalue weighted by atomic mass is 9.85. The van der Waals surface area contributed by atoms with Gasteiger partial charge in [-0.05, 0) is 31.9 Å². The van der Waals surface area contributed by atoms with Crippen molar-refractivity contribution < 1.29 is 19.7 Å². The quantitative estimate of drug-likeness (QED) is 0.910. The molecular weight excluding hydrogens is 282 g/mol. The third kappa shape index (κ3) is 2.90. The number of benzene rings is 1. The zero-order valence-electron chi connectivity index (χ0n) is 12.4. The standard InChI is InChI=1S/C17H19NO4/c1-10-5-6-11-3-2-4-14(16(11)18-10)22-15-9-12(17(20)21)7-8-13(15)19/h2-6,12-13,15,19H,7-9H2,1H3,(H,20,21). The number of aliphatic hydroxyl groups is 1. The van der Waals surface area contributed by atoms with E-state index in [-0.39, 0.29) is 0 Å². The summed E-state index contributed by atoms with van der Waals surface area (Å²) in [6.07, 6.45) is 0.0966. The Morgan fingerprint density at radius 3 is 2.86 bits per heavy atom. The van der Waals surface area contributed by atoms with E-state index in [0.717, 1.165) is 16.6 Å². The van der Waals surface area contributed by atoms with Gasteiger partial charge >= 0.3 is 5.97 Å². The van der Waals surface area contributed by atoms with E-state index in [1.54, 1.807) is 0 Å². The third-order valence-electron chi connectivity index (χ3n) is 4.21. The summed E-state index contributed by atoms with van der Waals surface area (Å²) in [4.78, 5) is 15.7. The first-order valence-corrected chi connectivity index (χ1v) is 7.48. The topological polar surface area (TPSA) is 79.7 Å². The third-order valence-corrected chi connectivity index (χ3v) is 4.21. The molecule has 1 heterocycles. The lowest BCUT2D eigenvalue weighted by Gasteiger charge is -2.31. The Kier molecular flexibility index (Phi) is 3.98. The Labute approximate surface area is 128 Å². The molecule has 116 valence electrons. The Hall–Kier alpha value is -2.14. The number of pyridine rings is 1. The molecule has 0 radical (unpaired) electrons. The average molecular weight is 301 g/mol. The highest BCUT2D eigenvalue weighted by Gasteiger charge is 2.34. The number of carboxylic acids is 1. The van der Waals surface area contributed by atoms with Crippen LogP contribution in [0.3, 0.4) is 0 Å². The molecule has 1 aromatic heterocycles. The van der Waals surface area contributed by atoms with Crippen LogP contribution in [0.2, 0.25) is 0 Å². The van der Waals surface area contributed by atoms with Gasteiger partial charge in [0.25, 0.3) is 0 Å². The van der Waals surface area contributed by atoms with E-state index >= 15 is 0 Å². The lowest BCUT2D eigenvalue weighted by molar-refractivity contribution is -0.145. The van der Waals surface area contributed by atoms with E-state index < -0.39 is 24.1 Å². The molecule has 1 fully saturated rings. The molecule has 2 N–H and O–H groups in total. The Morgan fingerprint density at radius 2 is 2.09 bits per heavy atom. The highest BCUT2D eigenvalue weighted by Crippen LogP contribution is 2.31. The fourth-order valence-corrected chi connectivity index (χ4v) is 2.94. The van der Waals surface area contributed by atoms with Crippen molar-refractivity contribution in [2.45, 2.75) is 38.4 Å². The molecule has 1 aliphatic rings. The number of fused-ring (bicyclic) bond motifs is 1. The number of aliphatic carboxylic acids is 1. The second-order valence-electron chi connectivity index (χ2n) is 5.85. The molecule has 3 unspecified atom stereocenters. The predicted octanol–water partition coefficient (Wildman–Crippen LogP) is 2.54. The van der Waals surface area contributed by atoms with Crippen molar-refractivity contribution in [1.29, 1.82) is 0 Å². The maximum absolute atomic E-state index is 11.2. The summed E-state index contributed by atoms with van der Waals surface area (Å²) in [5, 5.41) is 20.2. The Balaban J connectivity index is 1.88. The van der Waals surface area contributed by atoms with Crippen molar-refractivity contribution in [1.82, 2.24) is 4.98 Å². The molecule has 22 heavy (non-hydrogen) atoms. The monoisotopic (exact) mass is 301 g/mol. The number of aliphatic hydroxyl groups excluding tert-OH is 1. The summed E-state index contributed by atoms with van der Waals surface area (Å²) in [5.41, 5.74) is 1.63. The molecular formula is C17H19NO4. The van der Waals surface area contributed by atoms with Gasteiger partial charge in [0.2, 0.25) is 0 Å². The van der Waals surface area contributed by atoms with Crippen molar-refractivity contribution in [2.24, 2.45) is 5.92 Å². The van der Waals surface area contributed by atoms with Gasteiger partial charge in [-0.15, -0.1) is 0 Å². The zero-order chi connectivity index (χ0) is 15.7. The van der Waals surface area contributed by atoms with Crippen LogP contribution in [-0.2, 0) is 4.79 Å². The Morgan fingerprint density at radius 1 is 1.27 bits per heavy atom. The first-order chi connectivity index (χ1) is 10.5. The van der Waals surface area contributed by atoms with E-state index in [4.69, 9.17) is 9.84 Å². The molecule has 5 heteroatoms. The van der Waals surface area contributed by atoms with Crippen LogP contribution in [0, 0.1) is 12.8 Å². The van der Waals surface area contributed by atoms with Gasteiger partial charge in [-0.1, -0.05) is 18.2 Å². The minimum Gasteiger partial charge on any atom is -0.485 e. The largest absolute Gasteiger partial charge is 0.485 e. The fourth-order valence-electron chi connectivity index (χ4n) is 2.94. The molecule has 3 atom stereocenters. The van der Waals surface area contributed by atoms with E-state index in [2.05, 4.69) is 4.98 Å². The minimum absolute atomic E-state index is 0.318. The van der Waals surface area contributed by atoms with Crippen LogP contribution in [0.4, 0.5) is 0 Å². The average Bonchev–Trinajstić information content (AvgIpc) is 2.49. The van der Waals surface area contributed by atoms with E-state index in [9.17, 15) is 9.90 Å². The van der Waals surface area contributed by atoms with Crippen molar-refractivity contribution in [3.63, 3.8) is 0 Å². The second kappa shape index (κ2) is 5.93. The van der Waals surface area contributed by atoms with Gasteiger partial charge in [0.05, 0.1) is 12.0 Å². The zero-order valence-corrected chi connectivity index (χ0v) is 12.4. The highest BCUT2D eigenvalue weighted by atomic mass is 16.5. The number of carboxylic acid groups (broad SMARTS) is 1. The number of nitrogens with zero attached hydrogens (tertiary/aromatic N) is 1. The summed E-state index contributed by atoms with van der Waals surface area (Å²) in [5.74, 6) is -0.693. The number of para-hydroxylation sites is 1. The maximum atomic E-state index is 11.2. The number of carbonyl (C=O) groups is 1. The number of ether oxygens (including phenoxy) is 1. The SMILES string of the molecule is Cc1ccc2cccc(OC3CC(C(=O)O)CCC3O)c2n1. The van der Waals surface area contributed by atoms with E-state index in [0.29, 0.717) is 25.0 Å². The second-order valence-corrected chi connectivity index (χ2v) is 5.85. The van der Waals surface area contributed by atoms with Crippen LogP contribution in [0.1, 0.15) is 25.0 Å². The first kappa shape index (κ1) is 14.8. The van der Waals surface area contributed by atoms with Crippen LogP contribution in [0.15, 0.2) is 30.3 Å². The number of aromatic nitrogens is 1. The van der Waals surface area contributed by atoms with Crippen molar-refractivity contribution in [3.05, 3.63) is 36.0 Å². The molecule has 0 amide bonds. The summed E-state index contributed by atoms with van der Waals surface area (Å²) >= 11 is 0. The molecule has 0 saturated heterocycles. The number of rotatable bonds is 3. The van der Waals surface area contributed by atoms with Crippen LogP contribution in [0.25, 0.3) is 10.9 Å². The smallest absolute Gasteiger partial charge is 0.306 e. The van der Waals surface area contributed by atoms with Crippen LogP contribution < -0.4 is 4.74 Å². The van der Waals surface area contributed by atoms with E-state index in [1.165, 1.54) is 0 Å². The fraction of sp³-hybridized carbons (Fsp3) is 0.412. The summed E-state index contributed by atoms with van der Waals surface area (Å²) in [6, 6.07) is 9.54. The van der Waals surface area contributed by atoms with Gasteiger partial charge in [0.1, 0.15) is 17.4 Å². The minimum atomic E-state index is -0.826. The Bertz CT molecular complexity index is 700. The number of hydrogen-bond acceptors (Lipinski definition) is 4. The van der Waals surface area contributed by atoms with Crippen LogP contribution >= 0.6 is 0 Å². The van der Waals surface area contributed by atoms with Crippen molar-refractivity contribution in [3.8, 4) is 5.75 Å². The van der Waals surface area contributed by atoms with Crippen molar-refractivity contribution in [2.75, 3.05) is 0 Å². The van der Waals surface area contributed by atoms with Crippen LogP contribution in [-0.4, -0.2) is 33.4 Å². The van der Waals surface area contributed by atoms with Gasteiger partial charge < -0.3 is 14.9 Å². The molecule has 0 bridgehead atoms. The molecule has 5 nitrogen and oxygen atoms in total. The molecule has 0 spiro atoms. The number of hydrogen-bond donors (Lipinski definition) is 2. The van der Waals surface area contributed by atoms with E-state index in [1.807, 2.05) is 37.3 Å². The number of aryl methyl sites for hydroxylation is 1. The molecule has 1 aromatic carbocycles. The van der Waals surface area contributed by atoms with Gasteiger partial charge in [-0.3, -0.25) is 4.79 Å². The molecule has 2 aromatic rings. The summed E-state index contributed by atoms with van der Waals surface area (Å²) < 4.78 is 5.94. The predicted molar refractivity (Wildman–Crippen MR) is 81.9 cm³/mol.